The quantitative estimate of drug-likeness (QED) is 0.842. The fourth-order valence-electron chi connectivity index (χ4n) is 2.29. The molecule has 0 saturated heterocycles. The summed E-state index contributed by atoms with van der Waals surface area (Å²) in [6.45, 7) is 10.7. The highest BCUT2D eigenvalue weighted by Gasteiger charge is 2.10. The molecule has 0 bridgehead atoms. The van der Waals surface area contributed by atoms with Gasteiger partial charge in [0.1, 0.15) is 0 Å². The summed E-state index contributed by atoms with van der Waals surface area (Å²) < 4.78 is 0. The minimum atomic E-state index is -0.731. The second-order valence-corrected chi connectivity index (χ2v) is 4.89. The number of benzene rings is 1. The Morgan fingerprint density at radius 3 is 2.22 bits per heavy atom. The SMILES string of the molecule is CCN(CCC(=O)O)Cc1c(C)cc(C)cc1C. The zero-order valence-electron chi connectivity index (χ0n) is 11.8. The first-order valence-electron chi connectivity index (χ1n) is 6.45. The van der Waals surface area contributed by atoms with Crippen molar-refractivity contribution in [3.8, 4) is 0 Å². The third-order valence-corrected chi connectivity index (χ3v) is 3.31. The standard InChI is InChI=1S/C15H23NO2/c1-5-16(7-6-15(17)18)10-14-12(3)8-11(2)9-13(14)4/h8-9H,5-7,10H2,1-4H3,(H,17,18). The van der Waals surface area contributed by atoms with E-state index in [9.17, 15) is 4.79 Å². The molecule has 0 radical (unpaired) electrons. The molecule has 0 aliphatic heterocycles. The summed E-state index contributed by atoms with van der Waals surface area (Å²) in [7, 11) is 0. The van der Waals surface area contributed by atoms with E-state index in [0.29, 0.717) is 6.54 Å². The van der Waals surface area contributed by atoms with Crippen LogP contribution < -0.4 is 0 Å². The molecule has 1 rings (SSSR count). The molecule has 3 heteroatoms. The van der Waals surface area contributed by atoms with E-state index in [1.807, 2.05) is 0 Å². The minimum absolute atomic E-state index is 0.206. The van der Waals surface area contributed by atoms with Crippen molar-refractivity contribution >= 4 is 5.97 Å². The molecule has 18 heavy (non-hydrogen) atoms. The molecular formula is C15H23NO2. The molecule has 1 aromatic carbocycles. The summed E-state index contributed by atoms with van der Waals surface area (Å²) in [5.41, 5.74) is 5.19. The van der Waals surface area contributed by atoms with Gasteiger partial charge in [-0.25, -0.2) is 0 Å². The largest absolute Gasteiger partial charge is 0.481 e. The van der Waals surface area contributed by atoms with Crippen molar-refractivity contribution < 1.29 is 9.90 Å². The van der Waals surface area contributed by atoms with Gasteiger partial charge in [-0.05, 0) is 44.0 Å². The minimum Gasteiger partial charge on any atom is -0.481 e. The van der Waals surface area contributed by atoms with Gasteiger partial charge in [-0.2, -0.15) is 0 Å². The number of hydrogen-bond donors (Lipinski definition) is 1. The Labute approximate surface area is 109 Å². The van der Waals surface area contributed by atoms with Gasteiger partial charge in [-0.1, -0.05) is 24.6 Å². The van der Waals surface area contributed by atoms with Gasteiger partial charge in [-0.3, -0.25) is 9.69 Å². The molecular weight excluding hydrogens is 226 g/mol. The summed E-state index contributed by atoms with van der Waals surface area (Å²) in [5.74, 6) is -0.731. The zero-order chi connectivity index (χ0) is 13.7. The first-order valence-corrected chi connectivity index (χ1v) is 6.45. The highest BCUT2D eigenvalue weighted by atomic mass is 16.4. The van der Waals surface area contributed by atoms with Gasteiger partial charge in [0.25, 0.3) is 0 Å². The lowest BCUT2D eigenvalue weighted by Crippen LogP contribution is -2.26. The highest BCUT2D eigenvalue weighted by Crippen LogP contribution is 2.18. The van der Waals surface area contributed by atoms with Crippen LogP contribution in [0.15, 0.2) is 12.1 Å². The molecule has 0 amide bonds. The van der Waals surface area contributed by atoms with Crippen LogP contribution in [-0.4, -0.2) is 29.1 Å². The van der Waals surface area contributed by atoms with Crippen LogP contribution in [0, 0.1) is 20.8 Å². The Bertz CT molecular complexity index is 403. The summed E-state index contributed by atoms with van der Waals surface area (Å²) in [5, 5.41) is 8.74. The zero-order valence-corrected chi connectivity index (χ0v) is 11.8. The topological polar surface area (TPSA) is 40.5 Å². The molecule has 100 valence electrons. The van der Waals surface area contributed by atoms with Crippen LogP contribution in [0.4, 0.5) is 0 Å². The molecule has 0 saturated carbocycles. The summed E-state index contributed by atoms with van der Waals surface area (Å²) in [4.78, 5) is 12.8. The van der Waals surface area contributed by atoms with E-state index >= 15 is 0 Å². The Kier molecular flexibility index (Phi) is 5.35. The predicted octanol–water partition coefficient (Wildman–Crippen LogP) is 2.91. The lowest BCUT2D eigenvalue weighted by atomic mass is 9.99. The predicted molar refractivity (Wildman–Crippen MR) is 73.9 cm³/mol. The number of aliphatic carboxylic acids is 1. The van der Waals surface area contributed by atoms with Crippen LogP contribution in [0.1, 0.15) is 35.6 Å². The van der Waals surface area contributed by atoms with E-state index in [1.54, 1.807) is 0 Å². The molecule has 0 unspecified atom stereocenters. The van der Waals surface area contributed by atoms with Crippen molar-refractivity contribution in [2.45, 2.75) is 40.7 Å². The van der Waals surface area contributed by atoms with E-state index < -0.39 is 5.97 Å². The van der Waals surface area contributed by atoms with Crippen LogP contribution in [0.25, 0.3) is 0 Å². The van der Waals surface area contributed by atoms with Crippen molar-refractivity contribution in [1.82, 2.24) is 4.90 Å². The number of rotatable bonds is 6. The van der Waals surface area contributed by atoms with E-state index in [4.69, 9.17) is 5.11 Å². The Balaban J connectivity index is 2.78. The fourth-order valence-corrected chi connectivity index (χ4v) is 2.29. The third kappa shape index (κ3) is 4.15. The summed E-state index contributed by atoms with van der Waals surface area (Å²) >= 11 is 0. The maximum Gasteiger partial charge on any atom is 0.304 e. The first kappa shape index (κ1) is 14.7. The van der Waals surface area contributed by atoms with Gasteiger partial charge in [0.2, 0.25) is 0 Å². The lowest BCUT2D eigenvalue weighted by Gasteiger charge is -2.22. The molecule has 0 atom stereocenters. The van der Waals surface area contributed by atoms with Crippen molar-refractivity contribution in [2.75, 3.05) is 13.1 Å². The second kappa shape index (κ2) is 6.55. The maximum absolute atomic E-state index is 10.6. The number of aryl methyl sites for hydroxylation is 3. The van der Waals surface area contributed by atoms with Gasteiger partial charge >= 0.3 is 5.97 Å². The Morgan fingerprint density at radius 1 is 1.22 bits per heavy atom. The van der Waals surface area contributed by atoms with Crippen molar-refractivity contribution in [2.24, 2.45) is 0 Å². The first-order chi connectivity index (χ1) is 8.43. The molecule has 0 aliphatic rings. The van der Waals surface area contributed by atoms with Gasteiger partial charge in [0.15, 0.2) is 0 Å². The number of nitrogens with zero attached hydrogens (tertiary/aromatic N) is 1. The fraction of sp³-hybridized carbons (Fsp3) is 0.533. The Morgan fingerprint density at radius 2 is 1.78 bits per heavy atom. The number of carboxylic acids is 1. The smallest absolute Gasteiger partial charge is 0.304 e. The molecule has 3 nitrogen and oxygen atoms in total. The van der Waals surface area contributed by atoms with E-state index in [0.717, 1.165) is 13.1 Å². The van der Waals surface area contributed by atoms with Crippen LogP contribution in [-0.2, 0) is 11.3 Å². The average Bonchev–Trinajstić information content (AvgIpc) is 2.26. The van der Waals surface area contributed by atoms with Crippen molar-refractivity contribution in [1.29, 1.82) is 0 Å². The molecule has 0 fully saturated rings. The second-order valence-electron chi connectivity index (χ2n) is 4.89. The van der Waals surface area contributed by atoms with Gasteiger partial charge in [0, 0.05) is 13.1 Å². The van der Waals surface area contributed by atoms with Crippen molar-refractivity contribution in [3.63, 3.8) is 0 Å². The molecule has 1 aromatic rings. The maximum atomic E-state index is 10.6. The van der Waals surface area contributed by atoms with Crippen LogP contribution >= 0.6 is 0 Å². The number of hydrogen-bond acceptors (Lipinski definition) is 2. The molecule has 0 aliphatic carbocycles. The number of carboxylic acid groups (broad SMARTS) is 1. The molecule has 0 spiro atoms. The molecule has 0 heterocycles. The Hall–Kier alpha value is -1.35. The van der Waals surface area contributed by atoms with Crippen LogP contribution in [0.2, 0.25) is 0 Å². The lowest BCUT2D eigenvalue weighted by molar-refractivity contribution is -0.137. The highest BCUT2D eigenvalue weighted by molar-refractivity contribution is 5.66. The van der Waals surface area contributed by atoms with E-state index in [2.05, 4.69) is 44.7 Å². The van der Waals surface area contributed by atoms with E-state index in [-0.39, 0.29) is 6.42 Å². The van der Waals surface area contributed by atoms with Crippen molar-refractivity contribution in [3.05, 3.63) is 34.4 Å². The van der Waals surface area contributed by atoms with Gasteiger partial charge < -0.3 is 5.11 Å². The average molecular weight is 249 g/mol. The monoisotopic (exact) mass is 249 g/mol. The third-order valence-electron chi connectivity index (χ3n) is 3.31. The molecule has 0 aromatic heterocycles. The van der Waals surface area contributed by atoms with Crippen LogP contribution in [0.3, 0.4) is 0 Å². The van der Waals surface area contributed by atoms with Crippen LogP contribution in [0.5, 0.6) is 0 Å². The van der Waals surface area contributed by atoms with Gasteiger partial charge in [-0.15, -0.1) is 0 Å². The molecule has 1 N–H and O–H groups in total. The van der Waals surface area contributed by atoms with Gasteiger partial charge in [0.05, 0.1) is 6.42 Å². The normalized spacial score (nSPS) is 10.9. The number of carbonyl (C=O) groups is 1. The summed E-state index contributed by atoms with van der Waals surface area (Å²) in [6, 6.07) is 4.38. The summed E-state index contributed by atoms with van der Waals surface area (Å²) in [6.07, 6.45) is 0.206. The van der Waals surface area contributed by atoms with E-state index in [1.165, 1.54) is 22.3 Å².